The van der Waals surface area contributed by atoms with E-state index in [1.807, 2.05) is 51.1 Å². The van der Waals surface area contributed by atoms with Gasteiger partial charge in [0.25, 0.3) is 5.91 Å². The quantitative estimate of drug-likeness (QED) is 0.316. The Labute approximate surface area is 233 Å². The fourth-order valence-corrected chi connectivity index (χ4v) is 5.17. The summed E-state index contributed by atoms with van der Waals surface area (Å²) in [6.07, 6.45) is 6.48. The number of hydrogen-bond acceptors (Lipinski definition) is 6. The van der Waals surface area contributed by atoms with Crippen molar-refractivity contribution in [1.29, 1.82) is 0 Å². The summed E-state index contributed by atoms with van der Waals surface area (Å²) in [4.78, 5) is 39.2. The second-order valence-electron chi connectivity index (χ2n) is 10.5. The Bertz CT molecular complexity index is 1280. The molecule has 1 heterocycles. The van der Waals surface area contributed by atoms with E-state index in [4.69, 9.17) is 9.47 Å². The molecule has 0 fully saturated rings. The summed E-state index contributed by atoms with van der Waals surface area (Å²) in [5, 5.41) is 17.9. The van der Waals surface area contributed by atoms with Crippen molar-refractivity contribution < 1.29 is 29.0 Å². The number of ether oxygens (including phenoxy) is 2. The number of aryl methyl sites for hydroxylation is 3. The van der Waals surface area contributed by atoms with E-state index in [1.165, 1.54) is 11.3 Å². The molecule has 1 unspecified atom stereocenters. The molecule has 2 atom stereocenters. The van der Waals surface area contributed by atoms with Crippen molar-refractivity contribution in [2.75, 3.05) is 24.4 Å². The number of carbonyl (C=O) groups is 3. The van der Waals surface area contributed by atoms with Gasteiger partial charge in [-0.1, -0.05) is 35.9 Å². The maximum atomic E-state index is 13.3. The van der Waals surface area contributed by atoms with Crippen molar-refractivity contribution in [3.05, 3.63) is 62.9 Å². The van der Waals surface area contributed by atoms with Gasteiger partial charge in [0, 0.05) is 17.7 Å². The molecular formula is C29H37N3O6S. The number of rotatable bonds is 9. The molecule has 0 spiro atoms. The summed E-state index contributed by atoms with van der Waals surface area (Å²) in [6, 6.07) is 3.90. The van der Waals surface area contributed by atoms with E-state index in [0.717, 1.165) is 27.1 Å². The third-order valence-corrected chi connectivity index (χ3v) is 7.22. The lowest BCUT2D eigenvalue weighted by molar-refractivity contribution is -0.142. The number of hydrogen-bond donors (Lipinski definition) is 4. The lowest BCUT2D eigenvalue weighted by Crippen LogP contribution is -2.45. The smallest absolute Gasteiger partial charge is 0.328 e. The van der Waals surface area contributed by atoms with Crippen molar-refractivity contribution >= 4 is 46.2 Å². The zero-order valence-corrected chi connectivity index (χ0v) is 24.2. The molecule has 0 saturated carbocycles. The van der Waals surface area contributed by atoms with Crippen LogP contribution in [0.2, 0.25) is 0 Å². The summed E-state index contributed by atoms with van der Waals surface area (Å²) in [5.41, 5.74) is 4.19. The van der Waals surface area contributed by atoms with Crippen LogP contribution in [-0.2, 0) is 14.3 Å². The third-order valence-electron chi connectivity index (χ3n) is 6.04. The predicted molar refractivity (Wildman–Crippen MR) is 155 cm³/mol. The molecule has 3 amide bonds. The highest BCUT2D eigenvalue weighted by Crippen LogP contribution is 2.35. The largest absolute Gasteiger partial charge is 0.480 e. The normalized spacial score (nSPS) is 15.9. The van der Waals surface area contributed by atoms with Crippen LogP contribution in [0.3, 0.4) is 0 Å². The Morgan fingerprint density at radius 1 is 1.10 bits per heavy atom. The van der Waals surface area contributed by atoms with Gasteiger partial charge in [0.15, 0.2) is 6.04 Å². The van der Waals surface area contributed by atoms with Gasteiger partial charge in [-0.25, -0.2) is 9.59 Å². The summed E-state index contributed by atoms with van der Waals surface area (Å²) >= 11 is 1.17. The highest BCUT2D eigenvalue weighted by atomic mass is 32.1. The SMILES string of the molecule is COC1C=CC(c2cc(NC(=O)Nc3c(C)cc(C)cc3C)c(C(=O)N[C@@H](COC(C)(C)C)C(=O)O)s2)=CC1. The Kier molecular flexibility index (Phi) is 9.71. The Morgan fingerprint density at radius 2 is 1.77 bits per heavy atom. The number of allylic oxidation sites excluding steroid dienone is 2. The van der Waals surface area contributed by atoms with Crippen molar-refractivity contribution in [2.24, 2.45) is 0 Å². The number of carboxylic acids is 1. The monoisotopic (exact) mass is 555 g/mol. The number of urea groups is 1. The first-order valence-corrected chi connectivity index (χ1v) is 13.5. The lowest BCUT2D eigenvalue weighted by Gasteiger charge is -2.23. The Morgan fingerprint density at radius 3 is 2.31 bits per heavy atom. The minimum Gasteiger partial charge on any atom is -0.480 e. The van der Waals surface area contributed by atoms with Crippen molar-refractivity contribution in [1.82, 2.24) is 5.32 Å². The maximum absolute atomic E-state index is 13.3. The van der Waals surface area contributed by atoms with E-state index in [-0.39, 0.29) is 23.3 Å². The van der Waals surface area contributed by atoms with E-state index < -0.39 is 29.6 Å². The van der Waals surface area contributed by atoms with Crippen LogP contribution in [0.4, 0.5) is 16.2 Å². The molecule has 0 bridgehead atoms. The highest BCUT2D eigenvalue weighted by Gasteiger charge is 2.27. The molecule has 0 aliphatic heterocycles. The van der Waals surface area contributed by atoms with Crippen LogP contribution in [0, 0.1) is 20.8 Å². The van der Waals surface area contributed by atoms with E-state index in [1.54, 1.807) is 33.9 Å². The summed E-state index contributed by atoms with van der Waals surface area (Å²) in [5.74, 6) is -1.84. The van der Waals surface area contributed by atoms with Gasteiger partial charge in [0.05, 0.1) is 24.0 Å². The van der Waals surface area contributed by atoms with Gasteiger partial charge in [-0.15, -0.1) is 11.3 Å². The van der Waals surface area contributed by atoms with Crippen LogP contribution < -0.4 is 16.0 Å². The van der Waals surface area contributed by atoms with Crippen LogP contribution in [0.5, 0.6) is 0 Å². The number of amides is 3. The number of aliphatic carboxylic acids is 1. The van der Waals surface area contributed by atoms with Crippen molar-refractivity contribution in [2.45, 2.75) is 65.7 Å². The number of carbonyl (C=O) groups excluding carboxylic acids is 2. The molecule has 2 aromatic rings. The standard InChI is InChI=1S/C29H37N3O6S/c1-16-12-17(2)24(18(3)13-16)32-28(36)31-21-14-23(19-8-10-20(37-7)11-9-19)39-25(21)26(33)30-22(27(34)35)15-38-29(4,5)6/h8-10,12-14,20,22H,11,15H2,1-7H3,(H,30,33)(H,34,35)(H2,31,32,36)/t20?,22-/m0/s1. The Balaban J connectivity index is 1.89. The molecular weight excluding hydrogens is 518 g/mol. The van der Waals surface area contributed by atoms with Crippen LogP contribution in [0.25, 0.3) is 5.57 Å². The van der Waals surface area contributed by atoms with Gasteiger partial charge in [0.1, 0.15) is 4.88 Å². The molecule has 0 radical (unpaired) electrons. The van der Waals surface area contributed by atoms with Crippen molar-refractivity contribution in [3.8, 4) is 0 Å². The zero-order chi connectivity index (χ0) is 28.9. The molecule has 39 heavy (non-hydrogen) atoms. The number of methoxy groups -OCH3 is 1. The fourth-order valence-electron chi connectivity index (χ4n) is 4.13. The number of thiophene rings is 1. The average Bonchev–Trinajstić information content (AvgIpc) is 3.26. The second-order valence-corrected chi connectivity index (χ2v) is 11.6. The van der Waals surface area contributed by atoms with Gasteiger partial charge >= 0.3 is 12.0 Å². The topological polar surface area (TPSA) is 126 Å². The summed E-state index contributed by atoms with van der Waals surface area (Å²) < 4.78 is 11.0. The predicted octanol–water partition coefficient (Wildman–Crippen LogP) is 5.67. The van der Waals surface area contributed by atoms with Gasteiger partial charge in [-0.2, -0.15) is 0 Å². The van der Waals surface area contributed by atoms with Gasteiger partial charge in [-0.05, 0) is 70.7 Å². The second kappa shape index (κ2) is 12.6. The first-order valence-electron chi connectivity index (χ1n) is 12.7. The summed E-state index contributed by atoms with van der Waals surface area (Å²) in [7, 11) is 1.64. The van der Waals surface area contributed by atoms with E-state index in [9.17, 15) is 19.5 Å². The molecule has 1 aromatic heterocycles. The Hall–Kier alpha value is -3.47. The first kappa shape index (κ1) is 30.1. The molecule has 1 aromatic carbocycles. The van der Waals surface area contributed by atoms with Crippen LogP contribution in [0.15, 0.2) is 36.4 Å². The van der Waals surface area contributed by atoms with E-state index in [2.05, 4.69) is 16.0 Å². The van der Waals surface area contributed by atoms with Gasteiger partial charge in [0.2, 0.25) is 0 Å². The fraction of sp³-hybridized carbons (Fsp3) is 0.414. The molecule has 3 rings (SSSR count). The van der Waals surface area contributed by atoms with Crippen LogP contribution in [-0.4, -0.2) is 54.5 Å². The molecule has 210 valence electrons. The zero-order valence-electron chi connectivity index (χ0n) is 23.4. The minimum absolute atomic E-state index is 0.0278. The van der Waals surface area contributed by atoms with Gasteiger partial charge in [-0.3, -0.25) is 4.79 Å². The average molecular weight is 556 g/mol. The number of carboxylic acid groups (broad SMARTS) is 1. The maximum Gasteiger partial charge on any atom is 0.328 e. The molecule has 1 aliphatic carbocycles. The van der Waals surface area contributed by atoms with Crippen LogP contribution >= 0.6 is 11.3 Å². The summed E-state index contributed by atoms with van der Waals surface area (Å²) in [6.45, 7) is 11.0. The van der Waals surface area contributed by atoms with Gasteiger partial charge < -0.3 is 30.5 Å². The van der Waals surface area contributed by atoms with Crippen molar-refractivity contribution in [3.63, 3.8) is 0 Å². The first-order chi connectivity index (χ1) is 18.3. The number of anilines is 2. The molecule has 10 heteroatoms. The van der Waals surface area contributed by atoms with Crippen LogP contribution in [0.1, 0.15) is 58.4 Å². The number of nitrogens with one attached hydrogen (secondary N) is 3. The lowest BCUT2D eigenvalue weighted by atomic mass is 10.0. The van der Waals surface area contributed by atoms with E-state index in [0.29, 0.717) is 12.1 Å². The molecule has 9 nitrogen and oxygen atoms in total. The minimum atomic E-state index is -1.27. The number of benzene rings is 1. The van der Waals surface area contributed by atoms with E-state index >= 15 is 0 Å². The third kappa shape index (κ3) is 8.26. The molecule has 1 aliphatic rings. The molecule has 0 saturated heterocycles. The highest BCUT2D eigenvalue weighted by molar-refractivity contribution is 7.15. The molecule has 4 N–H and O–H groups in total.